The molecular formula is C20H18N2O4S. The van der Waals surface area contributed by atoms with Gasteiger partial charge in [0.15, 0.2) is 0 Å². The van der Waals surface area contributed by atoms with Crippen LogP contribution < -0.4 is 15.2 Å². The summed E-state index contributed by atoms with van der Waals surface area (Å²) in [6.45, 7) is 0.447. The van der Waals surface area contributed by atoms with E-state index < -0.39 is 10.0 Å². The van der Waals surface area contributed by atoms with Gasteiger partial charge in [-0.1, -0.05) is 30.3 Å². The summed E-state index contributed by atoms with van der Waals surface area (Å²) in [6, 6.07) is 22.2. The minimum atomic E-state index is -3.76. The molecule has 3 N–H and O–H groups in total. The molecule has 0 heterocycles. The fourth-order valence-electron chi connectivity index (χ4n) is 2.37. The van der Waals surface area contributed by atoms with Crippen molar-refractivity contribution in [2.75, 3.05) is 5.32 Å². The third-order valence-electron chi connectivity index (χ3n) is 3.81. The van der Waals surface area contributed by atoms with Gasteiger partial charge in [-0.15, -0.1) is 0 Å². The summed E-state index contributed by atoms with van der Waals surface area (Å²) in [6.07, 6.45) is 0. The Morgan fingerprint density at radius 2 is 1.52 bits per heavy atom. The minimum Gasteiger partial charge on any atom is -0.489 e. The number of benzene rings is 3. The number of amides is 1. The number of nitrogens with two attached hydrogens (primary N) is 1. The summed E-state index contributed by atoms with van der Waals surface area (Å²) in [7, 11) is -3.76. The molecule has 0 aliphatic rings. The van der Waals surface area contributed by atoms with E-state index in [9.17, 15) is 13.2 Å². The van der Waals surface area contributed by atoms with E-state index in [2.05, 4.69) is 5.32 Å². The lowest BCUT2D eigenvalue weighted by Gasteiger charge is -2.08. The van der Waals surface area contributed by atoms with Gasteiger partial charge in [0.1, 0.15) is 12.4 Å². The summed E-state index contributed by atoms with van der Waals surface area (Å²) < 4.78 is 28.2. The highest BCUT2D eigenvalue weighted by Crippen LogP contribution is 2.17. The summed E-state index contributed by atoms with van der Waals surface area (Å²) in [5, 5.41) is 7.75. The summed E-state index contributed by atoms with van der Waals surface area (Å²) >= 11 is 0. The zero-order chi connectivity index (χ0) is 19.3. The van der Waals surface area contributed by atoms with Gasteiger partial charge in [0.2, 0.25) is 10.0 Å². The molecule has 0 saturated heterocycles. The second-order valence-electron chi connectivity index (χ2n) is 5.82. The maximum absolute atomic E-state index is 12.3. The lowest BCUT2D eigenvalue weighted by molar-refractivity contribution is 0.102. The van der Waals surface area contributed by atoms with Crippen LogP contribution in [0.1, 0.15) is 15.9 Å². The number of hydrogen-bond acceptors (Lipinski definition) is 4. The SMILES string of the molecule is NS(=O)(=O)c1ccc(NC(=O)c2ccc(OCc3ccccc3)cc2)cc1. The van der Waals surface area contributed by atoms with E-state index in [0.29, 0.717) is 23.6 Å². The Bertz CT molecular complexity index is 1020. The average molecular weight is 382 g/mol. The van der Waals surface area contributed by atoms with Gasteiger partial charge in [-0.25, -0.2) is 13.6 Å². The monoisotopic (exact) mass is 382 g/mol. The second kappa shape index (κ2) is 8.03. The number of primary sulfonamides is 1. The Morgan fingerprint density at radius 3 is 2.11 bits per heavy atom. The predicted octanol–water partition coefficient (Wildman–Crippen LogP) is 3.17. The lowest BCUT2D eigenvalue weighted by atomic mass is 10.2. The molecule has 3 rings (SSSR count). The van der Waals surface area contributed by atoms with Crippen molar-refractivity contribution in [3.8, 4) is 5.75 Å². The Kier molecular flexibility index (Phi) is 5.54. The number of hydrogen-bond donors (Lipinski definition) is 2. The van der Waals surface area contributed by atoms with Gasteiger partial charge in [0.05, 0.1) is 4.90 Å². The first-order valence-corrected chi connectivity index (χ1v) is 9.67. The first-order chi connectivity index (χ1) is 12.9. The number of anilines is 1. The van der Waals surface area contributed by atoms with Crippen LogP contribution in [0.25, 0.3) is 0 Å². The van der Waals surface area contributed by atoms with Crippen LogP contribution in [0.5, 0.6) is 5.75 Å². The zero-order valence-electron chi connectivity index (χ0n) is 14.3. The minimum absolute atomic E-state index is 0.0135. The van der Waals surface area contributed by atoms with Gasteiger partial charge in [-0.3, -0.25) is 4.79 Å². The van der Waals surface area contributed by atoms with Gasteiger partial charge in [-0.2, -0.15) is 0 Å². The van der Waals surface area contributed by atoms with E-state index in [4.69, 9.17) is 9.88 Å². The van der Waals surface area contributed by atoms with Crippen LogP contribution in [0, 0.1) is 0 Å². The predicted molar refractivity (Wildman–Crippen MR) is 103 cm³/mol. The number of ether oxygens (including phenoxy) is 1. The van der Waals surface area contributed by atoms with Crippen LogP contribution in [-0.4, -0.2) is 14.3 Å². The summed E-state index contributed by atoms with van der Waals surface area (Å²) in [5.74, 6) is 0.348. The molecule has 3 aromatic rings. The molecule has 0 unspecified atom stereocenters. The van der Waals surface area contributed by atoms with Crippen molar-refractivity contribution < 1.29 is 17.9 Å². The first-order valence-electron chi connectivity index (χ1n) is 8.13. The van der Waals surface area contributed by atoms with Crippen molar-refractivity contribution in [3.63, 3.8) is 0 Å². The van der Waals surface area contributed by atoms with Crippen LogP contribution in [-0.2, 0) is 16.6 Å². The molecular weight excluding hydrogens is 364 g/mol. The molecule has 0 fully saturated rings. The normalized spacial score (nSPS) is 11.0. The molecule has 0 aromatic heterocycles. The standard InChI is InChI=1S/C20H18N2O4S/c21-27(24,25)19-12-8-17(9-13-19)22-20(23)16-6-10-18(11-7-16)26-14-15-4-2-1-3-5-15/h1-13H,14H2,(H,22,23)(H2,21,24,25). The highest BCUT2D eigenvalue weighted by atomic mass is 32.2. The molecule has 27 heavy (non-hydrogen) atoms. The van der Waals surface area contributed by atoms with Crippen molar-refractivity contribution in [2.24, 2.45) is 5.14 Å². The van der Waals surface area contributed by atoms with E-state index in [1.54, 1.807) is 24.3 Å². The Balaban J connectivity index is 1.60. The second-order valence-corrected chi connectivity index (χ2v) is 7.38. The van der Waals surface area contributed by atoms with E-state index in [1.807, 2.05) is 30.3 Å². The lowest BCUT2D eigenvalue weighted by Crippen LogP contribution is -2.13. The summed E-state index contributed by atoms with van der Waals surface area (Å²) in [4.78, 5) is 12.3. The van der Waals surface area contributed by atoms with Gasteiger partial charge in [-0.05, 0) is 54.1 Å². The van der Waals surface area contributed by atoms with Crippen LogP contribution in [0.15, 0.2) is 83.8 Å². The van der Waals surface area contributed by atoms with E-state index >= 15 is 0 Å². The Labute approximate surface area is 157 Å². The topological polar surface area (TPSA) is 98.5 Å². The van der Waals surface area contributed by atoms with Crippen LogP contribution >= 0.6 is 0 Å². The third kappa shape index (κ3) is 5.16. The smallest absolute Gasteiger partial charge is 0.255 e. The molecule has 1 amide bonds. The molecule has 0 aliphatic heterocycles. The van der Waals surface area contributed by atoms with E-state index in [1.165, 1.54) is 24.3 Å². The van der Waals surface area contributed by atoms with Gasteiger partial charge < -0.3 is 10.1 Å². The first kappa shape index (κ1) is 18.6. The Hall–Kier alpha value is -3.16. The molecule has 0 atom stereocenters. The molecule has 138 valence electrons. The van der Waals surface area contributed by atoms with Crippen molar-refractivity contribution >= 4 is 21.6 Å². The molecule has 0 saturated carbocycles. The number of carbonyl (C=O) groups excluding carboxylic acids is 1. The highest BCUT2D eigenvalue weighted by molar-refractivity contribution is 7.89. The Morgan fingerprint density at radius 1 is 0.889 bits per heavy atom. The van der Waals surface area contributed by atoms with Crippen molar-refractivity contribution in [1.29, 1.82) is 0 Å². The molecule has 7 heteroatoms. The number of rotatable bonds is 6. The van der Waals surface area contributed by atoms with Gasteiger partial charge >= 0.3 is 0 Å². The fraction of sp³-hybridized carbons (Fsp3) is 0.0500. The quantitative estimate of drug-likeness (QED) is 0.684. The maximum Gasteiger partial charge on any atom is 0.255 e. The van der Waals surface area contributed by atoms with Crippen LogP contribution in [0.3, 0.4) is 0 Å². The van der Waals surface area contributed by atoms with Crippen molar-refractivity contribution in [3.05, 3.63) is 90.0 Å². The van der Waals surface area contributed by atoms with Crippen molar-refractivity contribution in [2.45, 2.75) is 11.5 Å². The average Bonchev–Trinajstić information content (AvgIpc) is 2.67. The largest absolute Gasteiger partial charge is 0.489 e. The number of nitrogens with one attached hydrogen (secondary N) is 1. The fourth-order valence-corrected chi connectivity index (χ4v) is 2.89. The van der Waals surface area contributed by atoms with Crippen LogP contribution in [0.2, 0.25) is 0 Å². The number of carbonyl (C=O) groups is 1. The molecule has 0 radical (unpaired) electrons. The van der Waals surface area contributed by atoms with Crippen molar-refractivity contribution in [1.82, 2.24) is 0 Å². The van der Waals surface area contributed by atoms with E-state index in [0.717, 1.165) is 5.56 Å². The molecule has 6 nitrogen and oxygen atoms in total. The zero-order valence-corrected chi connectivity index (χ0v) is 15.1. The van der Waals surface area contributed by atoms with E-state index in [-0.39, 0.29) is 10.8 Å². The van der Waals surface area contributed by atoms with Gasteiger partial charge in [0, 0.05) is 11.3 Å². The summed E-state index contributed by atoms with van der Waals surface area (Å²) in [5.41, 5.74) is 1.98. The maximum atomic E-state index is 12.3. The third-order valence-corrected chi connectivity index (χ3v) is 4.73. The van der Waals surface area contributed by atoms with Crippen LogP contribution in [0.4, 0.5) is 5.69 Å². The number of sulfonamides is 1. The molecule has 0 spiro atoms. The molecule has 0 bridgehead atoms. The van der Waals surface area contributed by atoms with Gasteiger partial charge in [0.25, 0.3) is 5.91 Å². The molecule has 3 aromatic carbocycles. The molecule has 0 aliphatic carbocycles. The highest BCUT2D eigenvalue weighted by Gasteiger charge is 2.09.